The molecule has 0 amide bonds. The van der Waals surface area contributed by atoms with E-state index in [1.54, 1.807) is 0 Å². The van der Waals surface area contributed by atoms with Gasteiger partial charge >= 0.3 is 17.9 Å². The number of hydrogen-bond donors (Lipinski definition) is 0. The van der Waals surface area contributed by atoms with Gasteiger partial charge in [0.25, 0.3) is 0 Å². The van der Waals surface area contributed by atoms with Gasteiger partial charge < -0.3 is 14.2 Å². The maximum absolute atomic E-state index is 12.8. The second kappa shape index (κ2) is 44.0. The van der Waals surface area contributed by atoms with E-state index in [9.17, 15) is 14.4 Å². The monoisotopic (exact) mass is 807 g/mol. The van der Waals surface area contributed by atoms with Crippen molar-refractivity contribution >= 4 is 17.9 Å². The molecule has 6 heteroatoms. The number of ether oxygens (including phenoxy) is 3. The summed E-state index contributed by atoms with van der Waals surface area (Å²) in [5, 5.41) is 0. The SMILES string of the molecule is CCCCCCCCCCCCCCCCCC(=O)O[C@@H](COC(=O)CCCCCCCCCCCCC(C)CC)COC(=O)CCCCCCCCCC(C)C. The summed E-state index contributed by atoms with van der Waals surface area (Å²) in [6.07, 6.45) is 43.7. The van der Waals surface area contributed by atoms with Crippen LogP contribution in [0, 0.1) is 11.8 Å². The van der Waals surface area contributed by atoms with Crippen molar-refractivity contribution in [2.45, 2.75) is 285 Å². The van der Waals surface area contributed by atoms with Gasteiger partial charge in [-0.1, -0.05) is 240 Å². The summed E-state index contributed by atoms with van der Waals surface area (Å²) < 4.78 is 16.8. The molecule has 0 saturated carbocycles. The Hall–Kier alpha value is -1.59. The highest BCUT2D eigenvalue weighted by atomic mass is 16.6. The molecular weight excluding hydrogens is 709 g/mol. The molecule has 0 aromatic carbocycles. The summed E-state index contributed by atoms with van der Waals surface area (Å²) in [6.45, 7) is 11.3. The lowest BCUT2D eigenvalue weighted by Crippen LogP contribution is -2.30. The van der Waals surface area contributed by atoms with E-state index in [0.29, 0.717) is 19.3 Å². The molecule has 0 aliphatic carbocycles. The predicted octanol–water partition coefficient (Wildman–Crippen LogP) is 16.1. The highest BCUT2D eigenvalue weighted by Crippen LogP contribution is 2.18. The lowest BCUT2D eigenvalue weighted by atomic mass is 9.99. The van der Waals surface area contributed by atoms with E-state index in [4.69, 9.17) is 14.2 Å². The first-order valence-corrected chi connectivity index (χ1v) is 25.3. The van der Waals surface area contributed by atoms with Crippen LogP contribution in [-0.4, -0.2) is 37.2 Å². The smallest absolute Gasteiger partial charge is 0.306 e. The van der Waals surface area contributed by atoms with E-state index in [0.717, 1.165) is 69.6 Å². The molecule has 6 nitrogen and oxygen atoms in total. The van der Waals surface area contributed by atoms with Gasteiger partial charge in [0.05, 0.1) is 0 Å². The zero-order valence-corrected chi connectivity index (χ0v) is 39.0. The molecule has 0 spiro atoms. The molecule has 0 N–H and O–H groups in total. The standard InChI is InChI=1S/C51H98O6/c1-6-8-9-10-11-12-13-14-15-16-17-22-27-33-38-43-51(54)57-48(45-56-50(53)42-37-32-28-23-24-29-34-39-46(3)4)44-55-49(52)41-36-31-26-21-19-18-20-25-30-35-40-47(5)7-2/h46-48H,6-45H2,1-5H3/t47?,48-/m0/s1. The molecule has 0 aromatic rings. The fourth-order valence-corrected chi connectivity index (χ4v) is 7.60. The Labute approximate surface area is 355 Å². The Morgan fingerprint density at radius 3 is 1.00 bits per heavy atom. The van der Waals surface area contributed by atoms with Crippen molar-refractivity contribution in [3.05, 3.63) is 0 Å². The van der Waals surface area contributed by atoms with Crippen molar-refractivity contribution in [2.75, 3.05) is 13.2 Å². The van der Waals surface area contributed by atoms with Crippen LogP contribution in [0.4, 0.5) is 0 Å². The van der Waals surface area contributed by atoms with Crippen LogP contribution in [0.2, 0.25) is 0 Å². The maximum Gasteiger partial charge on any atom is 0.306 e. The van der Waals surface area contributed by atoms with Crippen LogP contribution in [0.1, 0.15) is 279 Å². The first-order chi connectivity index (χ1) is 27.8. The van der Waals surface area contributed by atoms with Crippen molar-refractivity contribution in [2.24, 2.45) is 11.8 Å². The van der Waals surface area contributed by atoms with Crippen LogP contribution in [0.15, 0.2) is 0 Å². The van der Waals surface area contributed by atoms with E-state index < -0.39 is 6.10 Å². The van der Waals surface area contributed by atoms with Crippen molar-refractivity contribution in [3.63, 3.8) is 0 Å². The number of esters is 3. The minimum Gasteiger partial charge on any atom is -0.462 e. The van der Waals surface area contributed by atoms with Gasteiger partial charge in [0, 0.05) is 19.3 Å². The largest absolute Gasteiger partial charge is 0.462 e. The Morgan fingerprint density at radius 1 is 0.368 bits per heavy atom. The molecule has 0 rings (SSSR count). The third-order valence-corrected chi connectivity index (χ3v) is 11.8. The average Bonchev–Trinajstić information content (AvgIpc) is 3.19. The molecule has 1 unspecified atom stereocenters. The summed E-state index contributed by atoms with van der Waals surface area (Å²) in [5.41, 5.74) is 0. The van der Waals surface area contributed by atoms with Crippen LogP contribution in [0.5, 0.6) is 0 Å². The van der Waals surface area contributed by atoms with E-state index in [2.05, 4.69) is 34.6 Å². The molecular formula is C51H98O6. The second-order valence-electron chi connectivity index (χ2n) is 18.2. The number of carbonyl (C=O) groups is 3. The van der Waals surface area contributed by atoms with Gasteiger partial charge in [-0.15, -0.1) is 0 Å². The van der Waals surface area contributed by atoms with Gasteiger partial charge in [-0.2, -0.15) is 0 Å². The molecule has 338 valence electrons. The minimum absolute atomic E-state index is 0.0646. The molecule has 0 bridgehead atoms. The summed E-state index contributed by atoms with van der Waals surface area (Å²) in [6, 6.07) is 0. The summed E-state index contributed by atoms with van der Waals surface area (Å²) in [5.74, 6) is 0.798. The van der Waals surface area contributed by atoms with Gasteiger partial charge in [-0.25, -0.2) is 0 Å². The number of carbonyl (C=O) groups excluding carboxylic acids is 3. The number of rotatable bonds is 45. The van der Waals surface area contributed by atoms with Gasteiger partial charge in [0.2, 0.25) is 0 Å². The lowest BCUT2D eigenvalue weighted by molar-refractivity contribution is -0.167. The third kappa shape index (κ3) is 43.8. The first kappa shape index (κ1) is 55.4. The normalized spacial score (nSPS) is 12.5. The maximum atomic E-state index is 12.8. The van der Waals surface area contributed by atoms with E-state index in [1.807, 2.05) is 0 Å². The fraction of sp³-hybridized carbons (Fsp3) is 0.941. The quantitative estimate of drug-likeness (QED) is 0.0346. The van der Waals surface area contributed by atoms with Gasteiger partial charge in [0.15, 0.2) is 6.10 Å². The second-order valence-corrected chi connectivity index (χ2v) is 18.2. The van der Waals surface area contributed by atoms with Crippen LogP contribution in [0.25, 0.3) is 0 Å². The molecule has 0 heterocycles. The highest BCUT2D eigenvalue weighted by molar-refractivity contribution is 5.71. The van der Waals surface area contributed by atoms with Crippen LogP contribution in [0.3, 0.4) is 0 Å². The molecule has 0 fully saturated rings. The van der Waals surface area contributed by atoms with E-state index >= 15 is 0 Å². The Morgan fingerprint density at radius 2 is 0.667 bits per heavy atom. The molecule has 2 atom stereocenters. The zero-order valence-electron chi connectivity index (χ0n) is 39.0. The molecule has 0 aromatic heterocycles. The fourth-order valence-electron chi connectivity index (χ4n) is 7.60. The van der Waals surface area contributed by atoms with E-state index in [-0.39, 0.29) is 31.1 Å². The molecule has 0 aliphatic rings. The Kier molecular flexibility index (Phi) is 42.7. The van der Waals surface area contributed by atoms with Gasteiger partial charge in [-0.05, 0) is 31.1 Å². The lowest BCUT2D eigenvalue weighted by Gasteiger charge is -2.18. The number of unbranched alkanes of at least 4 members (excludes halogenated alkanes) is 29. The topological polar surface area (TPSA) is 78.9 Å². The zero-order chi connectivity index (χ0) is 41.9. The molecule has 0 aliphatic heterocycles. The van der Waals surface area contributed by atoms with Crippen LogP contribution in [-0.2, 0) is 28.6 Å². The van der Waals surface area contributed by atoms with Crippen LogP contribution >= 0.6 is 0 Å². The molecule has 0 radical (unpaired) electrons. The molecule has 0 saturated heterocycles. The summed E-state index contributed by atoms with van der Waals surface area (Å²) in [4.78, 5) is 37.9. The summed E-state index contributed by atoms with van der Waals surface area (Å²) >= 11 is 0. The Balaban J connectivity index is 4.31. The van der Waals surface area contributed by atoms with Crippen molar-refractivity contribution < 1.29 is 28.6 Å². The highest BCUT2D eigenvalue weighted by Gasteiger charge is 2.19. The number of hydrogen-bond acceptors (Lipinski definition) is 6. The van der Waals surface area contributed by atoms with Crippen molar-refractivity contribution in [1.29, 1.82) is 0 Å². The average molecular weight is 807 g/mol. The van der Waals surface area contributed by atoms with Gasteiger partial charge in [-0.3, -0.25) is 14.4 Å². The van der Waals surface area contributed by atoms with Gasteiger partial charge in [0.1, 0.15) is 13.2 Å². The van der Waals surface area contributed by atoms with Crippen molar-refractivity contribution in [3.8, 4) is 0 Å². The first-order valence-electron chi connectivity index (χ1n) is 25.3. The van der Waals surface area contributed by atoms with Crippen LogP contribution < -0.4 is 0 Å². The van der Waals surface area contributed by atoms with E-state index in [1.165, 1.54) is 167 Å². The predicted molar refractivity (Wildman–Crippen MR) is 243 cm³/mol. The molecule has 57 heavy (non-hydrogen) atoms. The third-order valence-electron chi connectivity index (χ3n) is 11.8. The minimum atomic E-state index is -0.761. The Bertz CT molecular complexity index is 872. The summed E-state index contributed by atoms with van der Waals surface area (Å²) in [7, 11) is 0. The van der Waals surface area contributed by atoms with Crippen molar-refractivity contribution in [1.82, 2.24) is 0 Å².